The fourth-order valence-corrected chi connectivity index (χ4v) is 3.06. The van der Waals surface area contributed by atoms with Gasteiger partial charge in [0.2, 0.25) is 5.91 Å². The Morgan fingerprint density at radius 1 is 0.857 bits per heavy atom. The van der Waals surface area contributed by atoms with Crippen molar-refractivity contribution in [3.63, 3.8) is 0 Å². The molecular formula is C25H27F3N2O5. The Morgan fingerprint density at radius 3 is 2.26 bits per heavy atom. The number of unbranched alkanes of at least 4 members (excludes halogenated alkanes) is 2. The minimum Gasteiger partial charge on any atom is -0.456 e. The predicted octanol–water partition coefficient (Wildman–Crippen LogP) is 4.10. The summed E-state index contributed by atoms with van der Waals surface area (Å²) in [5.74, 6) is -7.44. The average molecular weight is 492 g/mol. The topological polar surface area (TPSA) is 102 Å². The second-order valence-electron chi connectivity index (χ2n) is 7.79. The number of ether oxygens (including phenoxy) is 1. The Bertz CT molecular complexity index is 1060. The number of nitrogens with one attached hydrogen (secondary N) is 2. The van der Waals surface area contributed by atoms with Gasteiger partial charge < -0.3 is 15.4 Å². The first-order valence-corrected chi connectivity index (χ1v) is 11.2. The minimum atomic E-state index is -1.74. The molecule has 2 N–H and O–H groups in total. The van der Waals surface area contributed by atoms with E-state index in [2.05, 4.69) is 12.2 Å². The lowest BCUT2D eigenvalue weighted by Gasteiger charge is -2.09. The van der Waals surface area contributed by atoms with Crippen LogP contribution < -0.4 is 10.6 Å². The van der Waals surface area contributed by atoms with Gasteiger partial charge in [0.05, 0.1) is 18.7 Å². The lowest BCUT2D eigenvalue weighted by atomic mass is 10.0. The summed E-state index contributed by atoms with van der Waals surface area (Å²) in [7, 11) is 0. The molecule has 0 aliphatic heterocycles. The molecule has 0 bridgehead atoms. The van der Waals surface area contributed by atoms with Gasteiger partial charge in [-0.1, -0.05) is 44.0 Å². The molecule has 2 rings (SSSR count). The number of esters is 1. The van der Waals surface area contributed by atoms with Gasteiger partial charge in [-0.25, -0.2) is 13.2 Å². The van der Waals surface area contributed by atoms with Crippen LogP contribution >= 0.6 is 0 Å². The van der Waals surface area contributed by atoms with E-state index < -0.39 is 54.1 Å². The van der Waals surface area contributed by atoms with E-state index in [0.717, 1.165) is 37.3 Å². The highest BCUT2D eigenvalue weighted by atomic mass is 19.2. The number of rotatable bonds is 13. The van der Waals surface area contributed by atoms with Crippen molar-refractivity contribution in [3.05, 3.63) is 65.0 Å². The van der Waals surface area contributed by atoms with Gasteiger partial charge in [0.25, 0.3) is 5.91 Å². The number of carbonyl (C=O) groups is 4. The SMILES string of the molecule is CCCCCc1ccc(C(=O)CCC(=O)OCC(=O)NCC(=O)Nc2ccc(F)c(F)c2F)cc1. The summed E-state index contributed by atoms with van der Waals surface area (Å²) >= 11 is 0. The largest absolute Gasteiger partial charge is 0.456 e. The van der Waals surface area contributed by atoms with E-state index >= 15 is 0 Å². The number of anilines is 1. The number of amides is 2. The molecular weight excluding hydrogens is 465 g/mol. The highest BCUT2D eigenvalue weighted by Crippen LogP contribution is 2.19. The predicted molar refractivity (Wildman–Crippen MR) is 122 cm³/mol. The van der Waals surface area contributed by atoms with Crippen LogP contribution in [0.1, 0.15) is 54.9 Å². The van der Waals surface area contributed by atoms with Gasteiger partial charge in [0.15, 0.2) is 29.8 Å². The molecule has 0 saturated carbocycles. The monoisotopic (exact) mass is 492 g/mol. The van der Waals surface area contributed by atoms with E-state index in [0.29, 0.717) is 11.6 Å². The maximum absolute atomic E-state index is 13.5. The standard InChI is InChI=1S/C25H27F3N2O5/c1-2-3-4-5-16-6-8-17(9-7-16)20(31)12-13-23(34)35-15-22(33)29-14-21(32)30-19-11-10-18(26)24(27)25(19)28/h6-11H,2-5,12-15H2,1H3,(H,29,33)(H,30,32). The van der Waals surface area contributed by atoms with Crippen molar-refractivity contribution in [2.75, 3.05) is 18.5 Å². The zero-order valence-electron chi connectivity index (χ0n) is 19.3. The Labute approximate surface area is 201 Å². The lowest BCUT2D eigenvalue weighted by molar-refractivity contribution is -0.148. The number of Topliss-reactive ketones (excluding diaryl/α,β-unsaturated/α-hetero) is 1. The number of hydrogen-bond acceptors (Lipinski definition) is 5. The van der Waals surface area contributed by atoms with Crippen LogP contribution in [-0.2, 0) is 25.5 Å². The summed E-state index contributed by atoms with van der Waals surface area (Å²) in [5, 5.41) is 4.11. The molecule has 0 heterocycles. The maximum Gasteiger partial charge on any atom is 0.306 e. The highest BCUT2D eigenvalue weighted by Gasteiger charge is 2.16. The van der Waals surface area contributed by atoms with E-state index in [1.54, 1.807) is 12.1 Å². The Kier molecular flexibility index (Phi) is 10.9. The zero-order chi connectivity index (χ0) is 25.8. The number of ketones is 1. The summed E-state index contributed by atoms with van der Waals surface area (Å²) in [6.45, 7) is 0.817. The van der Waals surface area contributed by atoms with Gasteiger partial charge in [-0.3, -0.25) is 19.2 Å². The second-order valence-corrected chi connectivity index (χ2v) is 7.79. The van der Waals surface area contributed by atoms with Gasteiger partial charge in [0, 0.05) is 12.0 Å². The summed E-state index contributed by atoms with van der Waals surface area (Å²) in [6, 6.07) is 8.70. The zero-order valence-corrected chi connectivity index (χ0v) is 19.3. The van der Waals surface area contributed by atoms with E-state index in [1.807, 2.05) is 17.4 Å². The summed E-state index contributed by atoms with van der Waals surface area (Å²) in [6.07, 6.45) is 3.99. The third-order valence-corrected chi connectivity index (χ3v) is 5.02. The molecule has 0 radical (unpaired) electrons. The Morgan fingerprint density at radius 2 is 1.57 bits per heavy atom. The molecule has 0 aliphatic carbocycles. The van der Waals surface area contributed by atoms with Gasteiger partial charge in [0.1, 0.15) is 0 Å². The molecule has 35 heavy (non-hydrogen) atoms. The molecule has 188 valence electrons. The van der Waals surface area contributed by atoms with Crippen LogP contribution in [0.15, 0.2) is 36.4 Å². The third kappa shape index (κ3) is 9.23. The van der Waals surface area contributed by atoms with E-state index in [9.17, 15) is 32.3 Å². The Balaban J connectivity index is 1.66. The van der Waals surface area contributed by atoms with Crippen molar-refractivity contribution in [2.24, 2.45) is 0 Å². The number of halogens is 3. The van der Waals surface area contributed by atoms with E-state index in [1.165, 1.54) is 0 Å². The number of carbonyl (C=O) groups excluding carboxylic acids is 4. The molecule has 0 atom stereocenters. The van der Waals surface area contributed by atoms with Crippen LogP contribution in [0.25, 0.3) is 0 Å². The first-order valence-electron chi connectivity index (χ1n) is 11.2. The third-order valence-electron chi connectivity index (χ3n) is 5.02. The second kappa shape index (κ2) is 13.9. The van der Waals surface area contributed by atoms with Gasteiger partial charge in [-0.05, 0) is 30.5 Å². The fourth-order valence-electron chi connectivity index (χ4n) is 3.06. The molecule has 2 aromatic carbocycles. The van der Waals surface area contributed by atoms with Crippen LogP contribution in [0.2, 0.25) is 0 Å². The highest BCUT2D eigenvalue weighted by molar-refractivity contribution is 5.98. The van der Waals surface area contributed by atoms with Gasteiger partial charge >= 0.3 is 5.97 Å². The molecule has 0 aliphatic rings. The van der Waals surface area contributed by atoms with Crippen molar-refractivity contribution in [1.29, 1.82) is 0 Å². The number of benzene rings is 2. The molecule has 2 amide bonds. The summed E-state index contributed by atoms with van der Waals surface area (Å²) < 4.78 is 44.4. The number of hydrogen-bond donors (Lipinski definition) is 2. The first-order chi connectivity index (χ1) is 16.7. The molecule has 0 unspecified atom stereocenters. The van der Waals surface area contributed by atoms with E-state index in [-0.39, 0.29) is 18.6 Å². The normalized spacial score (nSPS) is 10.5. The van der Waals surface area contributed by atoms with Crippen molar-refractivity contribution in [3.8, 4) is 0 Å². The van der Waals surface area contributed by atoms with Crippen molar-refractivity contribution in [1.82, 2.24) is 5.32 Å². The smallest absolute Gasteiger partial charge is 0.306 e. The van der Waals surface area contributed by atoms with Crippen LogP contribution in [0, 0.1) is 17.5 Å². The maximum atomic E-state index is 13.5. The Hall–Kier alpha value is -3.69. The lowest BCUT2D eigenvalue weighted by Crippen LogP contribution is -2.35. The van der Waals surface area contributed by atoms with Crippen LogP contribution in [0.3, 0.4) is 0 Å². The molecule has 0 spiro atoms. The van der Waals surface area contributed by atoms with Crippen LogP contribution in [0.4, 0.5) is 18.9 Å². The number of aryl methyl sites for hydroxylation is 1. The van der Waals surface area contributed by atoms with Crippen molar-refractivity contribution >= 4 is 29.3 Å². The average Bonchev–Trinajstić information content (AvgIpc) is 2.85. The first kappa shape index (κ1) is 27.6. The molecule has 0 aromatic heterocycles. The summed E-state index contributed by atoms with van der Waals surface area (Å²) in [5.41, 5.74) is 1.03. The van der Waals surface area contributed by atoms with Crippen molar-refractivity contribution < 1.29 is 37.1 Å². The van der Waals surface area contributed by atoms with E-state index in [4.69, 9.17) is 4.74 Å². The fraction of sp³-hybridized carbons (Fsp3) is 0.360. The van der Waals surface area contributed by atoms with Crippen molar-refractivity contribution in [2.45, 2.75) is 45.4 Å². The molecule has 0 saturated heterocycles. The van der Waals surface area contributed by atoms with Gasteiger partial charge in [-0.2, -0.15) is 0 Å². The van der Waals surface area contributed by atoms with Crippen LogP contribution in [0.5, 0.6) is 0 Å². The quantitative estimate of drug-likeness (QED) is 0.190. The molecule has 7 nitrogen and oxygen atoms in total. The summed E-state index contributed by atoms with van der Waals surface area (Å²) in [4.78, 5) is 47.6. The van der Waals surface area contributed by atoms with Gasteiger partial charge in [-0.15, -0.1) is 0 Å². The minimum absolute atomic E-state index is 0.0855. The molecule has 2 aromatic rings. The van der Waals surface area contributed by atoms with Crippen LogP contribution in [-0.4, -0.2) is 36.7 Å². The molecule has 0 fully saturated rings. The molecule has 10 heteroatoms.